The Bertz CT molecular complexity index is 558. The summed E-state index contributed by atoms with van der Waals surface area (Å²) in [7, 11) is 0. The zero-order valence-electron chi connectivity index (χ0n) is 12.2. The van der Waals surface area contributed by atoms with Crippen LogP contribution in [-0.2, 0) is 4.79 Å². The summed E-state index contributed by atoms with van der Waals surface area (Å²) < 4.78 is 0. The number of hydrogen-bond donors (Lipinski definition) is 4. The second kappa shape index (κ2) is 8.40. The van der Waals surface area contributed by atoms with Crippen LogP contribution in [0, 0.1) is 0 Å². The first kappa shape index (κ1) is 15.5. The second-order valence-corrected chi connectivity index (χ2v) is 4.38. The molecule has 0 atom stereocenters. The lowest BCUT2D eigenvalue weighted by molar-refractivity contribution is -0.102. The van der Waals surface area contributed by atoms with Crippen molar-refractivity contribution in [2.75, 3.05) is 10.9 Å². The van der Waals surface area contributed by atoms with E-state index in [0.29, 0.717) is 12.0 Å². The monoisotopic (exact) mass is 298 g/mol. The molecule has 0 amide bonds. The van der Waals surface area contributed by atoms with Crippen molar-refractivity contribution in [1.29, 1.82) is 0 Å². The second-order valence-electron chi connectivity index (χ2n) is 4.38. The summed E-state index contributed by atoms with van der Waals surface area (Å²) >= 11 is 0. The molecular weight excluding hydrogens is 280 g/mol. The number of rotatable bonds is 8. The average Bonchev–Trinajstić information content (AvgIpc) is 2.59. The highest BCUT2D eigenvalue weighted by Crippen LogP contribution is 2.04. The van der Waals surface area contributed by atoms with Gasteiger partial charge in [0.15, 0.2) is 6.29 Å². The van der Waals surface area contributed by atoms with Crippen molar-refractivity contribution in [2.45, 2.75) is 6.92 Å². The van der Waals surface area contributed by atoms with Crippen molar-refractivity contribution in [3.63, 3.8) is 0 Å². The van der Waals surface area contributed by atoms with E-state index in [1.165, 1.54) is 5.23 Å². The molecule has 0 spiro atoms. The molecule has 0 saturated carbocycles. The Kier molecular flexibility index (Phi) is 5.91. The van der Waals surface area contributed by atoms with Gasteiger partial charge < -0.3 is 10.9 Å². The third kappa shape index (κ3) is 5.23. The first-order valence-electron chi connectivity index (χ1n) is 6.72. The van der Waals surface area contributed by atoms with E-state index in [1.807, 2.05) is 60.7 Å². The van der Waals surface area contributed by atoms with Crippen molar-refractivity contribution in [1.82, 2.24) is 16.3 Å². The molecule has 0 bridgehead atoms. The molecule has 7 nitrogen and oxygen atoms in total. The molecule has 2 aromatic carbocycles. The first-order chi connectivity index (χ1) is 10.8. The van der Waals surface area contributed by atoms with Gasteiger partial charge in [0.25, 0.3) is 0 Å². The molecule has 4 N–H and O–H groups in total. The maximum absolute atomic E-state index is 10.7. The Morgan fingerprint density at radius 1 is 0.909 bits per heavy atom. The zero-order valence-corrected chi connectivity index (χ0v) is 12.2. The number of aldehydes is 1. The molecule has 0 aliphatic carbocycles. The maximum Gasteiger partial charge on any atom is 0.165 e. The quantitative estimate of drug-likeness (QED) is 0.339. The fourth-order valence-corrected chi connectivity index (χ4v) is 1.54. The lowest BCUT2D eigenvalue weighted by Gasteiger charge is -2.22. The highest BCUT2D eigenvalue weighted by Gasteiger charge is 2.01. The fourth-order valence-electron chi connectivity index (χ4n) is 1.54. The van der Waals surface area contributed by atoms with Crippen LogP contribution in [0.2, 0.25) is 0 Å². The Morgan fingerprint density at radius 3 is 1.77 bits per heavy atom. The normalized spacial score (nSPS) is 10.9. The molecule has 0 unspecified atom stereocenters. The molecule has 22 heavy (non-hydrogen) atoms. The standard InChI is InChI=1S/C15H18N6O/c1-13(12-22)18-21(19-16-14-8-4-2-5-9-14)20-17-15-10-6-3-7-11-15/h2-12,16-17,19-20H,1H3. The van der Waals surface area contributed by atoms with Gasteiger partial charge in [0, 0.05) is 0 Å². The Labute approximate surface area is 128 Å². The van der Waals surface area contributed by atoms with E-state index in [4.69, 9.17) is 0 Å². The van der Waals surface area contributed by atoms with Crippen molar-refractivity contribution in [2.24, 2.45) is 5.10 Å². The van der Waals surface area contributed by atoms with Crippen LogP contribution in [0.1, 0.15) is 6.92 Å². The number of carbonyl (C=O) groups is 1. The van der Waals surface area contributed by atoms with Crippen LogP contribution in [0.5, 0.6) is 0 Å². The number of carbonyl (C=O) groups excluding carboxylic acids is 1. The summed E-state index contributed by atoms with van der Waals surface area (Å²) in [6.45, 7) is 1.61. The molecule has 2 rings (SSSR count). The minimum absolute atomic E-state index is 0.310. The highest BCUT2D eigenvalue weighted by molar-refractivity contribution is 6.26. The summed E-state index contributed by atoms with van der Waals surface area (Å²) in [5, 5.41) is 5.33. The van der Waals surface area contributed by atoms with E-state index in [9.17, 15) is 4.79 Å². The van der Waals surface area contributed by atoms with Crippen LogP contribution < -0.4 is 21.9 Å². The van der Waals surface area contributed by atoms with Crippen LogP contribution in [-0.4, -0.2) is 17.2 Å². The molecule has 0 heterocycles. The Morgan fingerprint density at radius 2 is 1.36 bits per heavy atom. The summed E-state index contributed by atoms with van der Waals surface area (Å²) in [4.78, 5) is 10.7. The predicted octanol–water partition coefficient (Wildman–Crippen LogP) is 1.93. The molecule has 0 radical (unpaired) electrons. The minimum Gasteiger partial charge on any atom is -0.301 e. The molecule has 7 heteroatoms. The van der Waals surface area contributed by atoms with E-state index >= 15 is 0 Å². The van der Waals surface area contributed by atoms with Gasteiger partial charge in [0.05, 0.1) is 11.4 Å². The van der Waals surface area contributed by atoms with Crippen molar-refractivity contribution >= 4 is 23.4 Å². The smallest absolute Gasteiger partial charge is 0.165 e. The predicted molar refractivity (Wildman–Crippen MR) is 87.4 cm³/mol. The van der Waals surface area contributed by atoms with E-state index < -0.39 is 0 Å². The van der Waals surface area contributed by atoms with Crippen LogP contribution in [0.15, 0.2) is 65.8 Å². The number of para-hydroxylation sites is 2. The van der Waals surface area contributed by atoms with Gasteiger partial charge in [-0.05, 0) is 31.2 Å². The van der Waals surface area contributed by atoms with E-state index in [2.05, 4.69) is 27.0 Å². The topological polar surface area (TPSA) is 80.8 Å². The molecule has 0 fully saturated rings. The summed E-state index contributed by atoms with van der Waals surface area (Å²) in [6, 6.07) is 19.1. The molecule has 0 saturated heterocycles. The lowest BCUT2D eigenvalue weighted by Crippen LogP contribution is -2.50. The van der Waals surface area contributed by atoms with Crippen LogP contribution >= 0.6 is 0 Å². The van der Waals surface area contributed by atoms with Gasteiger partial charge >= 0.3 is 0 Å². The Balaban J connectivity index is 1.95. The third-order valence-corrected chi connectivity index (χ3v) is 2.59. The zero-order chi connectivity index (χ0) is 15.6. The SMILES string of the molecule is CC(C=O)=NN(NNc1ccccc1)NNc1ccccc1. The number of nitrogens with zero attached hydrogens (tertiary/aromatic N) is 2. The van der Waals surface area contributed by atoms with Gasteiger partial charge in [-0.1, -0.05) is 36.4 Å². The number of hydrazine groups is 4. The van der Waals surface area contributed by atoms with Crippen molar-refractivity contribution in [3.8, 4) is 0 Å². The summed E-state index contributed by atoms with van der Waals surface area (Å²) in [5.41, 5.74) is 13.6. The van der Waals surface area contributed by atoms with Crippen LogP contribution in [0.4, 0.5) is 11.4 Å². The van der Waals surface area contributed by atoms with Crippen LogP contribution in [0.3, 0.4) is 0 Å². The molecule has 0 aliphatic heterocycles. The number of hydrazone groups is 1. The Hall–Kier alpha value is -2.90. The minimum atomic E-state index is 0.310. The third-order valence-electron chi connectivity index (χ3n) is 2.59. The van der Waals surface area contributed by atoms with Crippen molar-refractivity contribution in [3.05, 3.63) is 60.7 Å². The van der Waals surface area contributed by atoms with Gasteiger partial charge in [-0.25, -0.2) is 0 Å². The average molecular weight is 298 g/mol. The van der Waals surface area contributed by atoms with E-state index in [0.717, 1.165) is 11.4 Å². The number of nitrogens with one attached hydrogen (secondary N) is 4. The largest absolute Gasteiger partial charge is 0.301 e. The van der Waals surface area contributed by atoms with Crippen LogP contribution in [0.25, 0.3) is 0 Å². The molecule has 114 valence electrons. The highest BCUT2D eigenvalue weighted by atomic mass is 16.1. The molecule has 0 aliphatic rings. The molecular formula is C15H18N6O. The van der Waals surface area contributed by atoms with E-state index in [-0.39, 0.29) is 0 Å². The number of benzene rings is 2. The first-order valence-corrected chi connectivity index (χ1v) is 6.72. The number of anilines is 2. The van der Waals surface area contributed by atoms with Gasteiger partial charge in [-0.2, -0.15) is 0 Å². The number of hydrogen-bond acceptors (Lipinski definition) is 7. The van der Waals surface area contributed by atoms with Gasteiger partial charge in [-0.3, -0.25) is 4.79 Å². The van der Waals surface area contributed by atoms with Crippen molar-refractivity contribution < 1.29 is 4.79 Å². The lowest BCUT2D eigenvalue weighted by atomic mass is 10.3. The summed E-state index contributed by atoms with van der Waals surface area (Å²) in [5.74, 6) is 0. The molecule has 2 aromatic rings. The fraction of sp³-hybridized carbons (Fsp3) is 0.0667. The van der Waals surface area contributed by atoms with Gasteiger partial charge in [0.1, 0.15) is 5.71 Å². The molecule has 0 aromatic heterocycles. The van der Waals surface area contributed by atoms with E-state index in [1.54, 1.807) is 6.92 Å². The maximum atomic E-state index is 10.7. The summed E-state index contributed by atoms with van der Waals surface area (Å²) in [6.07, 6.45) is 0.668. The van der Waals surface area contributed by atoms with Gasteiger partial charge in [0.2, 0.25) is 0 Å². The van der Waals surface area contributed by atoms with Gasteiger partial charge in [-0.15, -0.1) is 21.4 Å².